The fourth-order valence-electron chi connectivity index (χ4n) is 2.51. The Morgan fingerprint density at radius 2 is 1.67 bits per heavy atom. The summed E-state index contributed by atoms with van der Waals surface area (Å²) >= 11 is 0. The molecule has 0 aromatic heterocycles. The van der Waals surface area contributed by atoms with E-state index < -0.39 is 10.0 Å². The molecule has 0 atom stereocenters. The zero-order valence-corrected chi connectivity index (χ0v) is 15.5. The van der Waals surface area contributed by atoms with E-state index in [0.29, 0.717) is 23.8 Å². The highest BCUT2D eigenvalue weighted by molar-refractivity contribution is 7.89. The van der Waals surface area contributed by atoms with Gasteiger partial charge >= 0.3 is 0 Å². The first kappa shape index (κ1) is 18.5. The highest BCUT2D eigenvalue weighted by Crippen LogP contribution is 2.21. The van der Waals surface area contributed by atoms with Gasteiger partial charge in [-0.25, -0.2) is 12.7 Å². The average Bonchev–Trinajstić information content (AvgIpc) is 2.59. The third-order valence-corrected chi connectivity index (χ3v) is 6.01. The van der Waals surface area contributed by atoms with E-state index in [-0.39, 0.29) is 0 Å². The normalized spacial score (nSPS) is 11.9. The number of hydrogen-bond acceptors (Lipinski definition) is 3. The number of ether oxygens (including phenoxy) is 1. The van der Waals surface area contributed by atoms with E-state index in [9.17, 15) is 8.42 Å². The Bertz CT molecular complexity index is 767. The fraction of sp³-hybridized carbons (Fsp3) is 0.368. The third-order valence-electron chi connectivity index (χ3n) is 4.14. The minimum Gasteiger partial charge on any atom is -0.496 e. The van der Waals surface area contributed by atoms with Gasteiger partial charge in [0.25, 0.3) is 0 Å². The molecule has 0 fully saturated rings. The van der Waals surface area contributed by atoms with Crippen LogP contribution in [0.1, 0.15) is 30.9 Å². The number of sulfonamides is 1. The van der Waals surface area contributed by atoms with Crippen LogP contribution in [0.3, 0.4) is 0 Å². The standard InChI is InChI=1S/C19H25NO3S/c1-15(2)16-9-11-18(12-10-16)24(21,22)20(3)14-13-17-7-5-6-8-19(17)23-4/h5-12,15H,13-14H2,1-4H3. The third kappa shape index (κ3) is 4.16. The summed E-state index contributed by atoms with van der Waals surface area (Å²) in [6.07, 6.45) is 0.601. The lowest BCUT2D eigenvalue weighted by molar-refractivity contribution is 0.406. The molecule has 0 spiro atoms. The lowest BCUT2D eigenvalue weighted by Crippen LogP contribution is -2.29. The van der Waals surface area contributed by atoms with Crippen LogP contribution < -0.4 is 4.74 Å². The van der Waals surface area contributed by atoms with Gasteiger partial charge in [0, 0.05) is 13.6 Å². The first-order chi connectivity index (χ1) is 11.4. The Hall–Kier alpha value is -1.85. The van der Waals surface area contributed by atoms with Crippen molar-refractivity contribution in [3.63, 3.8) is 0 Å². The van der Waals surface area contributed by atoms with Gasteiger partial charge in [0.2, 0.25) is 10.0 Å². The van der Waals surface area contributed by atoms with E-state index in [1.54, 1.807) is 26.3 Å². The molecule has 130 valence electrons. The summed E-state index contributed by atoms with van der Waals surface area (Å²) < 4.78 is 32.1. The van der Waals surface area contributed by atoms with Gasteiger partial charge in [-0.3, -0.25) is 0 Å². The van der Waals surface area contributed by atoms with Gasteiger partial charge < -0.3 is 4.74 Å². The summed E-state index contributed by atoms with van der Waals surface area (Å²) in [4.78, 5) is 0.328. The Kier molecular flexibility index (Phi) is 6.02. The zero-order valence-electron chi connectivity index (χ0n) is 14.7. The number of hydrogen-bond donors (Lipinski definition) is 0. The highest BCUT2D eigenvalue weighted by atomic mass is 32.2. The summed E-state index contributed by atoms with van der Waals surface area (Å²) in [5.74, 6) is 1.16. The number of likely N-dealkylation sites (N-methyl/N-ethyl adjacent to an activating group) is 1. The van der Waals surface area contributed by atoms with Crippen LogP contribution in [0, 0.1) is 0 Å². The summed E-state index contributed by atoms with van der Waals surface area (Å²) in [5, 5.41) is 0. The number of rotatable bonds is 7. The van der Waals surface area contributed by atoms with Gasteiger partial charge in [-0.1, -0.05) is 44.2 Å². The SMILES string of the molecule is COc1ccccc1CCN(C)S(=O)(=O)c1ccc(C(C)C)cc1. The molecule has 0 aliphatic carbocycles. The number of benzene rings is 2. The topological polar surface area (TPSA) is 46.6 Å². The fourth-order valence-corrected chi connectivity index (χ4v) is 3.68. The Morgan fingerprint density at radius 1 is 1.04 bits per heavy atom. The van der Waals surface area contributed by atoms with Crippen LogP contribution in [-0.2, 0) is 16.4 Å². The van der Waals surface area contributed by atoms with E-state index in [2.05, 4.69) is 13.8 Å². The highest BCUT2D eigenvalue weighted by Gasteiger charge is 2.21. The van der Waals surface area contributed by atoms with Crippen molar-refractivity contribution in [3.05, 3.63) is 59.7 Å². The molecule has 0 bridgehead atoms. The lowest BCUT2D eigenvalue weighted by Gasteiger charge is -2.18. The maximum absolute atomic E-state index is 12.7. The van der Waals surface area contributed by atoms with Gasteiger partial charge in [-0.2, -0.15) is 0 Å². The minimum atomic E-state index is -3.48. The molecule has 2 rings (SSSR count). The van der Waals surface area contributed by atoms with Crippen molar-refractivity contribution >= 4 is 10.0 Å². The minimum absolute atomic E-state index is 0.328. The van der Waals surface area contributed by atoms with Crippen LogP contribution in [0.4, 0.5) is 0 Å². The molecule has 0 amide bonds. The second kappa shape index (κ2) is 7.81. The zero-order chi connectivity index (χ0) is 17.7. The van der Waals surface area contributed by atoms with E-state index >= 15 is 0 Å². The predicted molar refractivity (Wildman–Crippen MR) is 97.0 cm³/mol. The Morgan fingerprint density at radius 3 is 2.25 bits per heavy atom. The van der Waals surface area contributed by atoms with Gasteiger partial charge in [-0.15, -0.1) is 0 Å². The molecule has 0 aliphatic heterocycles. The van der Waals surface area contributed by atoms with Crippen molar-refractivity contribution < 1.29 is 13.2 Å². The molecule has 2 aromatic rings. The van der Waals surface area contributed by atoms with E-state index in [1.807, 2.05) is 36.4 Å². The summed E-state index contributed by atoms with van der Waals surface area (Å²) in [6, 6.07) is 14.8. The summed E-state index contributed by atoms with van der Waals surface area (Å²) in [6.45, 7) is 4.57. The Labute approximate surface area is 145 Å². The molecule has 4 nitrogen and oxygen atoms in total. The molecule has 0 unspecified atom stereocenters. The van der Waals surface area contributed by atoms with E-state index in [4.69, 9.17) is 4.74 Å². The summed E-state index contributed by atoms with van der Waals surface area (Å²) in [7, 11) is -0.246. The number of methoxy groups -OCH3 is 1. The van der Waals surface area contributed by atoms with Crippen molar-refractivity contribution in [1.29, 1.82) is 0 Å². The molecular formula is C19H25NO3S. The van der Waals surface area contributed by atoms with Crippen molar-refractivity contribution in [2.75, 3.05) is 20.7 Å². The van der Waals surface area contributed by atoms with Crippen molar-refractivity contribution in [1.82, 2.24) is 4.31 Å². The second-order valence-corrected chi connectivity index (χ2v) is 8.16. The molecule has 0 heterocycles. The van der Waals surface area contributed by atoms with Crippen molar-refractivity contribution in [2.24, 2.45) is 0 Å². The monoisotopic (exact) mass is 347 g/mol. The van der Waals surface area contributed by atoms with Crippen molar-refractivity contribution in [2.45, 2.75) is 31.1 Å². The van der Waals surface area contributed by atoms with Gasteiger partial charge in [-0.05, 0) is 41.7 Å². The molecular weight excluding hydrogens is 322 g/mol. The van der Waals surface area contributed by atoms with Gasteiger partial charge in [0.1, 0.15) is 5.75 Å². The first-order valence-corrected chi connectivity index (χ1v) is 9.48. The number of nitrogens with zero attached hydrogens (tertiary/aromatic N) is 1. The van der Waals surface area contributed by atoms with E-state index in [0.717, 1.165) is 16.9 Å². The van der Waals surface area contributed by atoms with E-state index in [1.165, 1.54) is 4.31 Å². The average molecular weight is 347 g/mol. The smallest absolute Gasteiger partial charge is 0.242 e. The lowest BCUT2D eigenvalue weighted by atomic mass is 10.0. The largest absolute Gasteiger partial charge is 0.496 e. The van der Waals surface area contributed by atoms with Crippen molar-refractivity contribution in [3.8, 4) is 5.75 Å². The second-order valence-electron chi connectivity index (χ2n) is 6.11. The van der Waals surface area contributed by atoms with Gasteiger partial charge in [0.05, 0.1) is 12.0 Å². The molecule has 0 aliphatic rings. The first-order valence-electron chi connectivity index (χ1n) is 8.04. The molecule has 0 N–H and O–H groups in total. The molecule has 24 heavy (non-hydrogen) atoms. The Balaban J connectivity index is 2.11. The van der Waals surface area contributed by atoms with Crippen LogP contribution >= 0.6 is 0 Å². The van der Waals surface area contributed by atoms with Crippen LogP contribution in [0.25, 0.3) is 0 Å². The maximum atomic E-state index is 12.7. The van der Waals surface area contributed by atoms with Crippen LogP contribution in [0.2, 0.25) is 0 Å². The molecule has 5 heteroatoms. The maximum Gasteiger partial charge on any atom is 0.242 e. The van der Waals surface area contributed by atoms with Crippen LogP contribution in [0.15, 0.2) is 53.4 Å². The number of para-hydroxylation sites is 1. The van der Waals surface area contributed by atoms with Crippen LogP contribution in [-0.4, -0.2) is 33.4 Å². The molecule has 0 saturated heterocycles. The molecule has 0 saturated carbocycles. The van der Waals surface area contributed by atoms with Gasteiger partial charge in [0.15, 0.2) is 0 Å². The molecule has 0 radical (unpaired) electrons. The summed E-state index contributed by atoms with van der Waals surface area (Å²) in [5.41, 5.74) is 2.13. The predicted octanol–water partition coefficient (Wildman–Crippen LogP) is 3.68. The quantitative estimate of drug-likeness (QED) is 0.767. The molecule has 2 aromatic carbocycles. The van der Waals surface area contributed by atoms with Crippen LogP contribution in [0.5, 0.6) is 5.75 Å².